The number of methoxy groups -OCH3 is 2. The highest BCUT2D eigenvalue weighted by atomic mass is 16.5. The van der Waals surface area contributed by atoms with Gasteiger partial charge in [0.05, 0.1) is 14.2 Å². The topological polar surface area (TPSA) is 60.5 Å². The molecule has 1 amide bonds. The number of ether oxygens (including phenoxy) is 2. The summed E-state index contributed by atoms with van der Waals surface area (Å²) in [6.07, 6.45) is 5.44. The summed E-state index contributed by atoms with van der Waals surface area (Å²) in [7, 11) is 3.07. The zero-order valence-electron chi connectivity index (χ0n) is 11.4. The Morgan fingerprint density at radius 2 is 1.95 bits per heavy atom. The Morgan fingerprint density at radius 1 is 1.21 bits per heavy atom. The minimum Gasteiger partial charge on any atom is -0.481 e. The van der Waals surface area contributed by atoms with Crippen LogP contribution in [0.15, 0.2) is 12.1 Å². The van der Waals surface area contributed by atoms with Crippen molar-refractivity contribution >= 4 is 11.6 Å². The maximum atomic E-state index is 12.2. The Morgan fingerprint density at radius 3 is 2.58 bits per heavy atom. The summed E-state index contributed by atoms with van der Waals surface area (Å²) in [5.74, 6) is 1.02. The van der Waals surface area contributed by atoms with E-state index in [1.165, 1.54) is 13.5 Å². The van der Waals surface area contributed by atoms with Crippen molar-refractivity contribution in [3.05, 3.63) is 12.1 Å². The first-order valence-corrected chi connectivity index (χ1v) is 6.64. The molecule has 0 aromatic carbocycles. The van der Waals surface area contributed by atoms with Crippen molar-refractivity contribution in [2.75, 3.05) is 19.5 Å². The van der Waals surface area contributed by atoms with Crippen LogP contribution in [0.4, 0.5) is 5.69 Å². The first kappa shape index (κ1) is 13.6. The van der Waals surface area contributed by atoms with Crippen molar-refractivity contribution < 1.29 is 14.3 Å². The molecule has 1 aliphatic carbocycles. The molecule has 104 valence electrons. The molecule has 1 heterocycles. The van der Waals surface area contributed by atoms with Gasteiger partial charge in [-0.15, -0.1) is 0 Å². The Bertz CT molecular complexity index is 442. The van der Waals surface area contributed by atoms with E-state index in [0.29, 0.717) is 17.4 Å². The fourth-order valence-electron chi connectivity index (χ4n) is 2.39. The van der Waals surface area contributed by atoms with Gasteiger partial charge >= 0.3 is 0 Å². The summed E-state index contributed by atoms with van der Waals surface area (Å²) in [5, 5.41) is 2.90. The van der Waals surface area contributed by atoms with Gasteiger partial charge in [-0.25, -0.2) is 0 Å². The van der Waals surface area contributed by atoms with Crippen LogP contribution < -0.4 is 14.8 Å². The monoisotopic (exact) mass is 264 g/mol. The minimum atomic E-state index is 0.0602. The van der Waals surface area contributed by atoms with Gasteiger partial charge in [0.1, 0.15) is 5.69 Å². The quantitative estimate of drug-likeness (QED) is 0.908. The summed E-state index contributed by atoms with van der Waals surface area (Å²) < 4.78 is 10.2. The lowest BCUT2D eigenvalue weighted by atomic mass is 9.88. The second-order valence-electron chi connectivity index (χ2n) is 4.73. The molecule has 0 radical (unpaired) electrons. The highest BCUT2D eigenvalue weighted by Gasteiger charge is 2.22. The zero-order chi connectivity index (χ0) is 13.7. The van der Waals surface area contributed by atoms with Crippen LogP contribution in [0.1, 0.15) is 32.1 Å². The average molecular weight is 264 g/mol. The van der Waals surface area contributed by atoms with Crippen LogP contribution in [0, 0.1) is 5.92 Å². The highest BCUT2D eigenvalue weighted by molar-refractivity contribution is 5.93. The third-order valence-electron chi connectivity index (χ3n) is 3.47. The van der Waals surface area contributed by atoms with E-state index in [1.807, 2.05) is 0 Å². The predicted octanol–water partition coefficient (Wildman–Crippen LogP) is 2.62. The third-order valence-corrected chi connectivity index (χ3v) is 3.47. The molecule has 1 saturated carbocycles. The van der Waals surface area contributed by atoms with Gasteiger partial charge in [-0.2, -0.15) is 4.98 Å². The van der Waals surface area contributed by atoms with Crippen LogP contribution in [-0.2, 0) is 4.79 Å². The van der Waals surface area contributed by atoms with Gasteiger partial charge < -0.3 is 14.8 Å². The lowest BCUT2D eigenvalue weighted by Crippen LogP contribution is -2.25. The Kier molecular flexibility index (Phi) is 4.60. The van der Waals surface area contributed by atoms with Crippen molar-refractivity contribution in [2.24, 2.45) is 5.92 Å². The van der Waals surface area contributed by atoms with Gasteiger partial charge in [0.25, 0.3) is 0 Å². The van der Waals surface area contributed by atoms with Gasteiger partial charge in [0.15, 0.2) is 0 Å². The molecule has 0 saturated heterocycles. The van der Waals surface area contributed by atoms with E-state index in [0.717, 1.165) is 25.7 Å². The molecule has 1 aromatic heterocycles. The normalized spacial score (nSPS) is 15.9. The number of anilines is 1. The van der Waals surface area contributed by atoms with Gasteiger partial charge in [0.2, 0.25) is 17.7 Å². The second-order valence-corrected chi connectivity index (χ2v) is 4.73. The van der Waals surface area contributed by atoms with Crippen LogP contribution in [0.3, 0.4) is 0 Å². The number of aromatic nitrogens is 1. The molecule has 0 spiro atoms. The van der Waals surface area contributed by atoms with E-state index in [4.69, 9.17) is 9.47 Å². The Labute approximate surface area is 113 Å². The van der Waals surface area contributed by atoms with Crippen LogP contribution in [0.5, 0.6) is 11.8 Å². The largest absolute Gasteiger partial charge is 0.481 e. The highest BCUT2D eigenvalue weighted by Crippen LogP contribution is 2.28. The molecular weight excluding hydrogens is 244 g/mol. The first-order chi connectivity index (χ1) is 9.24. The molecular formula is C14H20N2O3. The van der Waals surface area contributed by atoms with Crippen molar-refractivity contribution in [1.29, 1.82) is 0 Å². The number of carbonyl (C=O) groups excluding carboxylic acids is 1. The lowest BCUT2D eigenvalue weighted by molar-refractivity contribution is -0.120. The molecule has 1 aliphatic rings. The number of nitrogens with zero attached hydrogens (tertiary/aromatic N) is 1. The van der Waals surface area contributed by atoms with E-state index in [2.05, 4.69) is 10.3 Å². The molecule has 5 nitrogen and oxygen atoms in total. The van der Waals surface area contributed by atoms with Gasteiger partial charge in [-0.3, -0.25) is 4.79 Å². The summed E-state index contributed by atoms with van der Waals surface area (Å²) in [5.41, 5.74) is 0.596. The number of pyridine rings is 1. The maximum Gasteiger partial charge on any atom is 0.240 e. The van der Waals surface area contributed by atoms with Crippen molar-refractivity contribution in [2.45, 2.75) is 32.1 Å². The number of hydrogen-bond donors (Lipinski definition) is 1. The van der Waals surface area contributed by atoms with E-state index in [1.54, 1.807) is 19.2 Å². The minimum absolute atomic E-state index is 0.0602. The number of hydrogen-bond acceptors (Lipinski definition) is 4. The maximum absolute atomic E-state index is 12.2. The van der Waals surface area contributed by atoms with Crippen LogP contribution in [0.25, 0.3) is 0 Å². The summed E-state index contributed by atoms with van der Waals surface area (Å²) in [6, 6.07) is 3.46. The van der Waals surface area contributed by atoms with Crippen molar-refractivity contribution in [1.82, 2.24) is 4.98 Å². The van der Waals surface area contributed by atoms with Crippen LogP contribution in [0.2, 0.25) is 0 Å². The fourth-order valence-corrected chi connectivity index (χ4v) is 2.39. The van der Waals surface area contributed by atoms with E-state index in [9.17, 15) is 4.79 Å². The fraction of sp³-hybridized carbons (Fsp3) is 0.571. The summed E-state index contributed by atoms with van der Waals surface area (Å²) >= 11 is 0. The van der Waals surface area contributed by atoms with E-state index >= 15 is 0 Å². The van der Waals surface area contributed by atoms with E-state index in [-0.39, 0.29) is 11.8 Å². The van der Waals surface area contributed by atoms with Gasteiger partial charge in [0, 0.05) is 12.0 Å². The Hall–Kier alpha value is -1.78. The predicted molar refractivity (Wildman–Crippen MR) is 72.5 cm³/mol. The number of carbonyl (C=O) groups is 1. The molecule has 1 fully saturated rings. The van der Waals surface area contributed by atoms with Crippen molar-refractivity contribution in [3.8, 4) is 11.8 Å². The van der Waals surface area contributed by atoms with Crippen LogP contribution >= 0.6 is 0 Å². The molecule has 19 heavy (non-hydrogen) atoms. The van der Waals surface area contributed by atoms with Gasteiger partial charge in [-0.1, -0.05) is 19.3 Å². The SMILES string of the molecule is COc1ccc(NC(=O)C2CCCCC2)c(OC)n1. The molecule has 0 atom stereocenters. The first-order valence-electron chi connectivity index (χ1n) is 6.64. The molecule has 1 N–H and O–H groups in total. The number of rotatable bonds is 4. The average Bonchev–Trinajstić information content (AvgIpc) is 2.48. The standard InChI is InChI=1S/C14H20N2O3/c1-18-12-9-8-11(14(16-12)19-2)15-13(17)10-6-4-3-5-7-10/h8-10H,3-7H2,1-2H3,(H,15,17). The zero-order valence-corrected chi connectivity index (χ0v) is 11.4. The molecule has 1 aromatic rings. The molecule has 5 heteroatoms. The summed E-state index contributed by atoms with van der Waals surface area (Å²) in [4.78, 5) is 16.3. The smallest absolute Gasteiger partial charge is 0.240 e. The van der Waals surface area contributed by atoms with Crippen molar-refractivity contribution in [3.63, 3.8) is 0 Å². The molecule has 0 bridgehead atoms. The lowest BCUT2D eigenvalue weighted by Gasteiger charge is -2.21. The number of nitrogens with one attached hydrogen (secondary N) is 1. The molecule has 2 rings (SSSR count). The van der Waals surface area contributed by atoms with Crippen LogP contribution in [-0.4, -0.2) is 25.1 Å². The molecule has 0 unspecified atom stereocenters. The number of amides is 1. The third kappa shape index (κ3) is 3.36. The van der Waals surface area contributed by atoms with Gasteiger partial charge in [-0.05, 0) is 18.9 Å². The molecule has 0 aliphatic heterocycles. The van der Waals surface area contributed by atoms with E-state index < -0.39 is 0 Å². The summed E-state index contributed by atoms with van der Waals surface area (Å²) in [6.45, 7) is 0. The second kappa shape index (κ2) is 6.41. The Balaban J connectivity index is 2.07.